The van der Waals surface area contributed by atoms with Crippen LogP contribution in [0.25, 0.3) is 0 Å². The van der Waals surface area contributed by atoms with E-state index in [0.717, 1.165) is 58.2 Å². The van der Waals surface area contributed by atoms with E-state index in [4.69, 9.17) is 14.2 Å². The Morgan fingerprint density at radius 2 is 1.19 bits per heavy atom. The predicted octanol–water partition coefficient (Wildman–Crippen LogP) is 9.06. The van der Waals surface area contributed by atoms with Gasteiger partial charge in [-0.1, -0.05) is 97.3 Å². The highest BCUT2D eigenvalue weighted by atomic mass is 16.6. The lowest BCUT2D eigenvalue weighted by molar-refractivity contribution is -0.150. The van der Waals surface area contributed by atoms with Crippen LogP contribution in [0.5, 0.6) is 0 Å². The lowest BCUT2D eigenvalue weighted by atomic mass is 10.0. The number of ether oxygens (including phenoxy) is 3. The minimum absolute atomic E-state index is 0.0160. The molecule has 0 aromatic rings. The minimum atomic E-state index is -0.472. The summed E-state index contributed by atoms with van der Waals surface area (Å²) in [7, 11) is 0. The molecule has 2 rings (SSSR count). The van der Waals surface area contributed by atoms with Gasteiger partial charge in [0, 0.05) is 19.5 Å². The normalized spacial score (nSPS) is 19.2. The second-order valence-electron chi connectivity index (χ2n) is 14.3. The number of esters is 1. The van der Waals surface area contributed by atoms with Crippen molar-refractivity contribution in [2.45, 2.75) is 187 Å². The Labute approximate surface area is 265 Å². The highest BCUT2D eigenvalue weighted by molar-refractivity contribution is 5.69. The van der Waals surface area contributed by atoms with Crippen molar-refractivity contribution in [1.82, 2.24) is 9.80 Å². The van der Waals surface area contributed by atoms with Gasteiger partial charge in [0.05, 0.1) is 25.3 Å². The third kappa shape index (κ3) is 18.3. The molecule has 2 unspecified atom stereocenters. The summed E-state index contributed by atoms with van der Waals surface area (Å²) in [5, 5.41) is 0. The van der Waals surface area contributed by atoms with E-state index in [9.17, 15) is 9.59 Å². The zero-order valence-corrected chi connectivity index (χ0v) is 28.8. The van der Waals surface area contributed by atoms with Gasteiger partial charge in [-0.05, 0) is 65.8 Å². The summed E-state index contributed by atoms with van der Waals surface area (Å²) in [6.07, 6.45) is 23.6. The topological polar surface area (TPSA) is 68.3 Å². The highest BCUT2D eigenvalue weighted by Crippen LogP contribution is 2.22. The number of fused-ring (bicyclic) bond motifs is 2. The van der Waals surface area contributed by atoms with E-state index in [1.165, 1.54) is 83.5 Å². The molecule has 7 nitrogen and oxygen atoms in total. The van der Waals surface area contributed by atoms with Crippen LogP contribution in [-0.4, -0.2) is 78.5 Å². The standard InChI is InChI=1S/C36H68N2O5/c1-6-8-10-12-15-19-23-31(24-20-16-13-11-9-7-2)42-34(39)25-21-17-14-18-22-26-37-27-32-29-38(30-33(28-37)41-32)35(40)43-36(3,4)5/h31-33H,6-30H2,1-5H3. The van der Waals surface area contributed by atoms with Crippen molar-refractivity contribution in [3.05, 3.63) is 0 Å². The highest BCUT2D eigenvalue weighted by Gasteiger charge is 2.37. The third-order valence-electron chi connectivity index (χ3n) is 8.72. The molecule has 2 aliphatic rings. The Kier molecular flexibility index (Phi) is 19.5. The van der Waals surface area contributed by atoms with Crippen LogP contribution in [0.3, 0.4) is 0 Å². The maximum Gasteiger partial charge on any atom is 0.410 e. The number of carbonyl (C=O) groups excluding carboxylic acids is 2. The van der Waals surface area contributed by atoms with Crippen LogP contribution in [0.15, 0.2) is 0 Å². The predicted molar refractivity (Wildman–Crippen MR) is 176 cm³/mol. The van der Waals surface area contributed by atoms with Gasteiger partial charge in [-0.15, -0.1) is 0 Å². The fourth-order valence-electron chi connectivity index (χ4n) is 6.38. The van der Waals surface area contributed by atoms with Gasteiger partial charge in [0.25, 0.3) is 0 Å². The first-order valence-electron chi connectivity index (χ1n) is 18.2. The van der Waals surface area contributed by atoms with Gasteiger partial charge in [-0.3, -0.25) is 9.69 Å². The van der Waals surface area contributed by atoms with E-state index in [0.29, 0.717) is 19.5 Å². The van der Waals surface area contributed by atoms with Crippen molar-refractivity contribution in [3.63, 3.8) is 0 Å². The van der Waals surface area contributed by atoms with Crippen LogP contribution in [-0.2, 0) is 19.0 Å². The Hall–Kier alpha value is -1.34. The fraction of sp³-hybridized carbons (Fsp3) is 0.944. The van der Waals surface area contributed by atoms with Gasteiger partial charge in [0.1, 0.15) is 11.7 Å². The first-order chi connectivity index (χ1) is 20.7. The molecule has 0 aromatic heterocycles. The first kappa shape index (κ1) is 37.8. The minimum Gasteiger partial charge on any atom is -0.462 e. The second kappa shape index (κ2) is 22.2. The SMILES string of the molecule is CCCCCCCCC(CCCCCCCC)OC(=O)CCCCCCCN1CC2CN(C(=O)OC(C)(C)C)CC(C1)O2. The molecule has 0 radical (unpaired) electrons. The molecule has 2 fully saturated rings. The third-order valence-corrected chi connectivity index (χ3v) is 8.72. The molecular formula is C36H68N2O5. The summed E-state index contributed by atoms with van der Waals surface area (Å²) in [4.78, 5) is 29.5. The molecule has 0 aromatic carbocycles. The molecule has 43 heavy (non-hydrogen) atoms. The molecule has 2 heterocycles. The molecule has 2 bridgehead atoms. The number of nitrogens with zero attached hydrogens (tertiary/aromatic N) is 2. The molecule has 252 valence electrons. The Morgan fingerprint density at radius 3 is 1.72 bits per heavy atom. The van der Waals surface area contributed by atoms with Crippen LogP contribution in [0, 0.1) is 0 Å². The second-order valence-corrected chi connectivity index (χ2v) is 14.3. The largest absolute Gasteiger partial charge is 0.462 e. The van der Waals surface area contributed by atoms with Crippen molar-refractivity contribution >= 4 is 12.1 Å². The summed E-state index contributed by atoms with van der Waals surface area (Å²) in [5.74, 6) is 0.0160. The average Bonchev–Trinajstić information content (AvgIpc) is 2.94. The van der Waals surface area contributed by atoms with Gasteiger partial charge in [0.2, 0.25) is 0 Å². The van der Waals surface area contributed by atoms with E-state index in [-0.39, 0.29) is 30.4 Å². The smallest absolute Gasteiger partial charge is 0.410 e. The van der Waals surface area contributed by atoms with E-state index < -0.39 is 5.60 Å². The Morgan fingerprint density at radius 1 is 0.698 bits per heavy atom. The van der Waals surface area contributed by atoms with Crippen LogP contribution < -0.4 is 0 Å². The Balaban J connectivity index is 1.56. The summed E-state index contributed by atoms with van der Waals surface area (Å²) in [6, 6.07) is 0. The van der Waals surface area contributed by atoms with E-state index >= 15 is 0 Å². The number of unbranched alkanes of at least 4 members (excludes halogenated alkanes) is 14. The fourth-order valence-corrected chi connectivity index (χ4v) is 6.38. The van der Waals surface area contributed by atoms with Crippen LogP contribution in [0.4, 0.5) is 4.79 Å². The van der Waals surface area contributed by atoms with Gasteiger partial charge >= 0.3 is 12.1 Å². The van der Waals surface area contributed by atoms with Crippen molar-refractivity contribution in [2.75, 3.05) is 32.7 Å². The monoisotopic (exact) mass is 609 g/mol. The lowest BCUT2D eigenvalue weighted by Gasteiger charge is -2.45. The maximum absolute atomic E-state index is 12.7. The van der Waals surface area contributed by atoms with Crippen molar-refractivity contribution in [1.29, 1.82) is 0 Å². The van der Waals surface area contributed by atoms with Crippen LogP contribution in [0.1, 0.15) is 163 Å². The van der Waals surface area contributed by atoms with E-state index in [1.54, 1.807) is 0 Å². The molecule has 0 N–H and O–H groups in total. The van der Waals surface area contributed by atoms with Crippen LogP contribution >= 0.6 is 0 Å². The van der Waals surface area contributed by atoms with Crippen LogP contribution in [0.2, 0.25) is 0 Å². The molecule has 0 saturated carbocycles. The molecule has 1 amide bonds. The van der Waals surface area contributed by atoms with Crippen molar-refractivity contribution in [3.8, 4) is 0 Å². The summed E-state index contributed by atoms with van der Waals surface area (Å²) in [6.45, 7) is 14.3. The number of hydrogen-bond acceptors (Lipinski definition) is 6. The summed E-state index contributed by atoms with van der Waals surface area (Å²) < 4.78 is 17.7. The van der Waals surface area contributed by atoms with E-state index in [1.807, 2.05) is 25.7 Å². The summed E-state index contributed by atoms with van der Waals surface area (Å²) >= 11 is 0. The Bertz CT molecular complexity index is 710. The molecule has 0 aliphatic carbocycles. The van der Waals surface area contributed by atoms with Gasteiger partial charge < -0.3 is 19.1 Å². The van der Waals surface area contributed by atoms with Crippen molar-refractivity contribution in [2.24, 2.45) is 0 Å². The van der Waals surface area contributed by atoms with Gasteiger partial charge in [-0.2, -0.15) is 0 Å². The van der Waals surface area contributed by atoms with Gasteiger partial charge in [-0.25, -0.2) is 4.79 Å². The number of amides is 1. The number of hydrogen-bond donors (Lipinski definition) is 0. The maximum atomic E-state index is 12.7. The molecule has 2 aliphatic heterocycles. The number of carbonyl (C=O) groups is 2. The van der Waals surface area contributed by atoms with E-state index in [2.05, 4.69) is 18.7 Å². The molecular weight excluding hydrogens is 540 g/mol. The number of rotatable bonds is 23. The van der Waals surface area contributed by atoms with Gasteiger partial charge in [0.15, 0.2) is 0 Å². The zero-order valence-electron chi connectivity index (χ0n) is 28.8. The number of morpholine rings is 2. The summed E-state index contributed by atoms with van der Waals surface area (Å²) in [5.41, 5.74) is -0.472. The molecule has 2 saturated heterocycles. The molecule has 7 heteroatoms. The first-order valence-corrected chi connectivity index (χ1v) is 18.2. The zero-order chi connectivity index (χ0) is 31.3. The molecule has 2 atom stereocenters. The quantitative estimate of drug-likeness (QED) is 0.0851. The molecule has 0 spiro atoms. The van der Waals surface area contributed by atoms with Crippen molar-refractivity contribution < 1.29 is 23.8 Å². The average molecular weight is 609 g/mol. The lowest BCUT2D eigenvalue weighted by Crippen LogP contribution is -2.61.